The van der Waals surface area contributed by atoms with Crippen LogP contribution in [0.4, 0.5) is 4.39 Å². The van der Waals surface area contributed by atoms with Gasteiger partial charge in [0, 0.05) is 17.5 Å². The average Bonchev–Trinajstić information content (AvgIpc) is 2.67. The van der Waals surface area contributed by atoms with E-state index in [1.54, 1.807) is 0 Å². The maximum atomic E-state index is 13.1. The number of hydrogen-bond acceptors (Lipinski definition) is 2. The van der Waals surface area contributed by atoms with Crippen molar-refractivity contribution in [3.05, 3.63) is 34.6 Å². The highest BCUT2D eigenvalue weighted by Gasteiger charge is 2.46. The lowest BCUT2D eigenvalue weighted by molar-refractivity contribution is -0.142. The van der Waals surface area contributed by atoms with E-state index in [4.69, 9.17) is 11.6 Å². The van der Waals surface area contributed by atoms with Gasteiger partial charge in [-0.05, 0) is 31.5 Å². The molecule has 0 aliphatic carbocycles. The zero-order valence-electron chi connectivity index (χ0n) is 11.1. The third-order valence-electron chi connectivity index (χ3n) is 3.52. The molecule has 0 radical (unpaired) electrons. The molecule has 1 N–H and O–H groups in total. The fourth-order valence-electron chi connectivity index (χ4n) is 2.69. The molecule has 1 heterocycles. The van der Waals surface area contributed by atoms with Crippen LogP contribution in [-0.4, -0.2) is 27.9 Å². The number of carboxylic acids is 1. The average molecular weight is 300 g/mol. The van der Waals surface area contributed by atoms with Gasteiger partial charge < -0.3 is 10.0 Å². The van der Waals surface area contributed by atoms with Crippen LogP contribution >= 0.6 is 11.6 Å². The molecule has 1 amide bonds. The molecule has 0 spiro atoms. The topological polar surface area (TPSA) is 57.6 Å². The molecule has 0 saturated carbocycles. The van der Waals surface area contributed by atoms with Gasteiger partial charge in [-0.15, -0.1) is 0 Å². The Kier molecular flexibility index (Phi) is 3.99. The number of halogens is 2. The fourth-order valence-corrected chi connectivity index (χ4v) is 2.97. The molecule has 108 valence electrons. The number of nitrogens with zero attached hydrogens (tertiary/aromatic N) is 1. The van der Waals surface area contributed by atoms with Crippen molar-refractivity contribution < 1.29 is 19.1 Å². The number of rotatable bonds is 3. The molecule has 1 aromatic carbocycles. The molecular weight excluding hydrogens is 285 g/mol. The van der Waals surface area contributed by atoms with Gasteiger partial charge in [0.15, 0.2) is 0 Å². The Hall–Kier alpha value is -1.62. The van der Waals surface area contributed by atoms with Crippen LogP contribution in [0.1, 0.15) is 31.9 Å². The largest absolute Gasteiger partial charge is 0.481 e. The Morgan fingerprint density at radius 3 is 2.65 bits per heavy atom. The number of aliphatic carboxylic acids is 1. The summed E-state index contributed by atoms with van der Waals surface area (Å²) in [6.45, 7) is 3.62. The molecule has 1 aliphatic rings. The standard InChI is InChI=1S/C14H15ClFNO3/c1-7(2)17-12(18)6-10(14(19)20)13(17)9-4-3-8(16)5-11(9)15/h3-5,7,10,13H,6H2,1-2H3,(H,19,20). The first-order valence-electron chi connectivity index (χ1n) is 6.32. The summed E-state index contributed by atoms with van der Waals surface area (Å²) in [7, 11) is 0. The second-order valence-electron chi connectivity index (χ2n) is 5.15. The highest BCUT2D eigenvalue weighted by atomic mass is 35.5. The number of carbonyl (C=O) groups is 2. The van der Waals surface area contributed by atoms with Crippen molar-refractivity contribution in [1.82, 2.24) is 4.90 Å². The minimum atomic E-state index is -1.05. The molecule has 0 aromatic heterocycles. The predicted molar refractivity (Wildman–Crippen MR) is 71.9 cm³/mol. The second-order valence-corrected chi connectivity index (χ2v) is 5.56. The Balaban J connectivity index is 2.52. The summed E-state index contributed by atoms with van der Waals surface area (Å²) in [5.74, 6) is -2.64. The van der Waals surface area contributed by atoms with Gasteiger partial charge in [-0.2, -0.15) is 0 Å². The third kappa shape index (κ3) is 2.50. The maximum Gasteiger partial charge on any atom is 0.309 e. The maximum absolute atomic E-state index is 13.1. The summed E-state index contributed by atoms with van der Waals surface area (Å²) in [6, 6.07) is 3.00. The normalized spacial score (nSPS) is 22.6. The van der Waals surface area contributed by atoms with Gasteiger partial charge in [0.05, 0.1) is 12.0 Å². The molecule has 2 atom stereocenters. The van der Waals surface area contributed by atoms with Crippen LogP contribution in [0, 0.1) is 11.7 Å². The van der Waals surface area contributed by atoms with E-state index < -0.39 is 23.7 Å². The summed E-state index contributed by atoms with van der Waals surface area (Å²) in [5.41, 5.74) is 0.472. The Morgan fingerprint density at radius 1 is 1.50 bits per heavy atom. The van der Waals surface area contributed by atoms with Crippen molar-refractivity contribution in [2.75, 3.05) is 0 Å². The van der Waals surface area contributed by atoms with Crippen LogP contribution in [0.5, 0.6) is 0 Å². The van der Waals surface area contributed by atoms with E-state index >= 15 is 0 Å². The van der Waals surface area contributed by atoms with Crippen LogP contribution < -0.4 is 0 Å². The number of amides is 1. The quantitative estimate of drug-likeness (QED) is 0.933. The van der Waals surface area contributed by atoms with Crippen LogP contribution in [0.15, 0.2) is 18.2 Å². The predicted octanol–water partition coefficient (Wildman–Crippen LogP) is 2.86. The Morgan fingerprint density at radius 2 is 2.15 bits per heavy atom. The number of likely N-dealkylation sites (tertiary alicyclic amines) is 1. The van der Waals surface area contributed by atoms with E-state index in [1.807, 2.05) is 13.8 Å². The zero-order valence-corrected chi connectivity index (χ0v) is 11.9. The first kappa shape index (κ1) is 14.8. The lowest BCUT2D eigenvalue weighted by Crippen LogP contribution is -2.36. The first-order chi connectivity index (χ1) is 9.32. The van der Waals surface area contributed by atoms with Crippen molar-refractivity contribution >= 4 is 23.5 Å². The molecular formula is C14H15ClFNO3. The van der Waals surface area contributed by atoms with Gasteiger partial charge in [0.1, 0.15) is 5.82 Å². The van der Waals surface area contributed by atoms with E-state index in [0.717, 1.165) is 6.07 Å². The second kappa shape index (κ2) is 5.40. The van der Waals surface area contributed by atoms with Gasteiger partial charge >= 0.3 is 5.97 Å². The molecule has 6 heteroatoms. The highest BCUT2D eigenvalue weighted by Crippen LogP contribution is 2.42. The molecule has 1 saturated heterocycles. The van der Waals surface area contributed by atoms with E-state index in [-0.39, 0.29) is 23.4 Å². The fraction of sp³-hybridized carbons (Fsp3) is 0.429. The van der Waals surface area contributed by atoms with Crippen LogP contribution in [0.2, 0.25) is 5.02 Å². The van der Waals surface area contributed by atoms with Crippen molar-refractivity contribution in [2.45, 2.75) is 32.4 Å². The first-order valence-corrected chi connectivity index (χ1v) is 6.69. The van der Waals surface area contributed by atoms with Gasteiger partial charge in [-0.25, -0.2) is 4.39 Å². The monoisotopic (exact) mass is 299 g/mol. The molecule has 20 heavy (non-hydrogen) atoms. The van der Waals surface area contributed by atoms with E-state index in [2.05, 4.69) is 0 Å². The number of hydrogen-bond donors (Lipinski definition) is 1. The molecule has 4 nitrogen and oxygen atoms in total. The van der Waals surface area contributed by atoms with Crippen molar-refractivity contribution in [3.63, 3.8) is 0 Å². The molecule has 1 fully saturated rings. The van der Waals surface area contributed by atoms with Crippen LogP contribution in [0.25, 0.3) is 0 Å². The third-order valence-corrected chi connectivity index (χ3v) is 3.85. The zero-order chi connectivity index (χ0) is 15.0. The van der Waals surface area contributed by atoms with Gasteiger partial charge in [-0.1, -0.05) is 17.7 Å². The lowest BCUT2D eigenvalue weighted by atomic mass is 9.93. The highest BCUT2D eigenvalue weighted by molar-refractivity contribution is 6.31. The van der Waals surface area contributed by atoms with Crippen molar-refractivity contribution in [1.29, 1.82) is 0 Å². The number of carboxylic acid groups (broad SMARTS) is 1. The van der Waals surface area contributed by atoms with Crippen LogP contribution in [-0.2, 0) is 9.59 Å². The summed E-state index contributed by atoms with van der Waals surface area (Å²) in [4.78, 5) is 24.9. The molecule has 2 unspecified atom stereocenters. The number of benzene rings is 1. The van der Waals surface area contributed by atoms with Gasteiger partial charge in [0.2, 0.25) is 5.91 Å². The van der Waals surface area contributed by atoms with Crippen LogP contribution in [0.3, 0.4) is 0 Å². The van der Waals surface area contributed by atoms with Crippen molar-refractivity contribution in [3.8, 4) is 0 Å². The Labute approximate surface area is 121 Å². The van der Waals surface area contributed by atoms with Crippen molar-refractivity contribution in [2.24, 2.45) is 5.92 Å². The molecule has 2 rings (SSSR count). The number of carbonyl (C=O) groups excluding carboxylic acids is 1. The molecule has 1 aromatic rings. The molecule has 0 bridgehead atoms. The molecule has 1 aliphatic heterocycles. The summed E-state index contributed by atoms with van der Waals surface area (Å²) in [5, 5.41) is 9.45. The summed E-state index contributed by atoms with van der Waals surface area (Å²) < 4.78 is 13.1. The van der Waals surface area contributed by atoms with E-state index in [0.29, 0.717) is 5.56 Å². The Bertz CT molecular complexity index is 561. The van der Waals surface area contributed by atoms with Gasteiger partial charge in [-0.3, -0.25) is 9.59 Å². The van der Waals surface area contributed by atoms with E-state index in [9.17, 15) is 19.1 Å². The van der Waals surface area contributed by atoms with E-state index in [1.165, 1.54) is 17.0 Å². The lowest BCUT2D eigenvalue weighted by Gasteiger charge is -2.31. The smallest absolute Gasteiger partial charge is 0.309 e. The van der Waals surface area contributed by atoms with Gasteiger partial charge in [0.25, 0.3) is 0 Å². The minimum absolute atomic E-state index is 0.0636. The minimum Gasteiger partial charge on any atom is -0.481 e. The summed E-state index contributed by atoms with van der Waals surface area (Å²) >= 11 is 6.03. The summed E-state index contributed by atoms with van der Waals surface area (Å²) in [6.07, 6.45) is -0.0636. The SMILES string of the molecule is CC(C)N1C(=O)CC(C(=O)O)C1c1ccc(F)cc1Cl.